The Morgan fingerprint density at radius 3 is 2.46 bits per heavy atom. The minimum absolute atomic E-state index is 0.0348. The van der Waals surface area contributed by atoms with Crippen molar-refractivity contribution in [3.63, 3.8) is 0 Å². The highest BCUT2D eigenvalue weighted by Crippen LogP contribution is 2.49. The zero-order valence-electron chi connectivity index (χ0n) is 12.9. The van der Waals surface area contributed by atoms with Gasteiger partial charge in [-0.1, -0.05) is 30.3 Å². The fraction of sp³-hybridized carbons (Fsp3) is 0.316. The Morgan fingerprint density at radius 2 is 1.75 bits per heavy atom. The minimum Gasteiger partial charge on any atom is -0.312 e. The van der Waals surface area contributed by atoms with Gasteiger partial charge < -0.3 is 4.90 Å². The van der Waals surface area contributed by atoms with Crippen molar-refractivity contribution in [3.8, 4) is 0 Å². The number of rotatable bonds is 2. The highest BCUT2D eigenvalue weighted by atomic mass is 19.4. The molecule has 24 heavy (non-hydrogen) atoms. The third kappa shape index (κ3) is 2.58. The molecule has 1 heterocycles. The van der Waals surface area contributed by atoms with Crippen LogP contribution in [0, 0.1) is 5.92 Å². The largest absolute Gasteiger partial charge is 0.416 e. The lowest BCUT2D eigenvalue weighted by Crippen LogP contribution is -2.30. The van der Waals surface area contributed by atoms with Crippen LogP contribution < -0.4 is 4.90 Å². The van der Waals surface area contributed by atoms with Crippen LogP contribution in [0.3, 0.4) is 0 Å². The summed E-state index contributed by atoms with van der Waals surface area (Å²) in [4.78, 5) is 14.5. The highest BCUT2D eigenvalue weighted by Gasteiger charge is 2.47. The second kappa shape index (κ2) is 5.36. The van der Waals surface area contributed by atoms with Crippen LogP contribution in [0.2, 0.25) is 0 Å². The first-order valence-electron chi connectivity index (χ1n) is 8.01. The SMILES string of the molecule is O=C(C1CC1c1ccc(C(F)(F)F)cc1)N1CCc2ccccc21. The number of amides is 1. The van der Waals surface area contributed by atoms with Crippen LogP contribution in [0.25, 0.3) is 0 Å². The molecule has 0 N–H and O–H groups in total. The number of carbonyl (C=O) groups excluding carboxylic acids is 1. The molecule has 2 atom stereocenters. The topological polar surface area (TPSA) is 20.3 Å². The van der Waals surface area contributed by atoms with E-state index in [9.17, 15) is 18.0 Å². The quantitative estimate of drug-likeness (QED) is 0.799. The molecule has 0 radical (unpaired) electrons. The number of anilines is 1. The van der Waals surface area contributed by atoms with Crippen LogP contribution in [-0.4, -0.2) is 12.5 Å². The van der Waals surface area contributed by atoms with Gasteiger partial charge in [-0.25, -0.2) is 0 Å². The van der Waals surface area contributed by atoms with Crippen LogP contribution in [-0.2, 0) is 17.4 Å². The standard InChI is InChI=1S/C19H16F3NO/c20-19(21,22)14-7-5-12(6-8-14)15-11-16(15)18(24)23-10-9-13-3-1-2-4-17(13)23/h1-8,15-16H,9-11H2. The first-order chi connectivity index (χ1) is 11.4. The van der Waals surface area contributed by atoms with Gasteiger partial charge in [0.15, 0.2) is 0 Å². The monoisotopic (exact) mass is 331 g/mol. The summed E-state index contributed by atoms with van der Waals surface area (Å²) < 4.78 is 37.9. The summed E-state index contributed by atoms with van der Waals surface area (Å²) in [6, 6.07) is 13.1. The second-order valence-electron chi connectivity index (χ2n) is 6.44. The normalized spacial score (nSPS) is 22.4. The summed E-state index contributed by atoms with van der Waals surface area (Å²) >= 11 is 0. The predicted octanol–water partition coefficient (Wildman–Crippen LogP) is 4.40. The number of fused-ring (bicyclic) bond motifs is 1. The van der Waals surface area contributed by atoms with Gasteiger partial charge in [-0.05, 0) is 48.1 Å². The maximum absolute atomic E-state index is 12.7. The maximum Gasteiger partial charge on any atom is 0.416 e. The van der Waals surface area contributed by atoms with E-state index in [1.807, 2.05) is 29.2 Å². The van der Waals surface area contributed by atoms with Crippen molar-refractivity contribution in [1.29, 1.82) is 0 Å². The van der Waals surface area contributed by atoms with E-state index in [0.29, 0.717) is 13.0 Å². The molecule has 2 unspecified atom stereocenters. The molecule has 0 aromatic heterocycles. The molecular weight excluding hydrogens is 315 g/mol. The van der Waals surface area contributed by atoms with Gasteiger partial charge >= 0.3 is 6.18 Å². The third-order valence-electron chi connectivity index (χ3n) is 4.93. The van der Waals surface area contributed by atoms with Gasteiger partial charge in [0.1, 0.15) is 0 Å². The fourth-order valence-corrected chi connectivity index (χ4v) is 3.52. The molecule has 2 aromatic carbocycles. The molecule has 4 rings (SSSR count). The maximum atomic E-state index is 12.7. The van der Waals surface area contributed by atoms with Crippen LogP contribution in [0.4, 0.5) is 18.9 Å². The molecule has 1 fully saturated rings. The number of alkyl halides is 3. The first kappa shape index (κ1) is 15.2. The molecule has 2 aromatic rings. The van der Waals surface area contributed by atoms with E-state index in [-0.39, 0.29) is 17.7 Å². The molecule has 1 aliphatic heterocycles. The van der Waals surface area contributed by atoms with Crippen molar-refractivity contribution in [2.75, 3.05) is 11.4 Å². The summed E-state index contributed by atoms with van der Waals surface area (Å²) in [5, 5.41) is 0. The van der Waals surface area contributed by atoms with Gasteiger partial charge in [0.25, 0.3) is 0 Å². The Kier molecular flexibility index (Phi) is 3.41. The van der Waals surface area contributed by atoms with E-state index in [1.54, 1.807) is 0 Å². The molecule has 0 saturated heterocycles. The number of hydrogen-bond acceptors (Lipinski definition) is 1. The average molecular weight is 331 g/mol. The Hall–Kier alpha value is -2.30. The lowest BCUT2D eigenvalue weighted by Gasteiger charge is -2.17. The molecular formula is C19H16F3NO. The van der Waals surface area contributed by atoms with Crippen LogP contribution >= 0.6 is 0 Å². The minimum atomic E-state index is -4.32. The Labute approximate surface area is 137 Å². The summed E-state index contributed by atoms with van der Waals surface area (Å²) in [6.45, 7) is 0.689. The molecule has 1 amide bonds. The smallest absolute Gasteiger partial charge is 0.312 e. The van der Waals surface area contributed by atoms with E-state index < -0.39 is 11.7 Å². The summed E-state index contributed by atoms with van der Waals surface area (Å²) in [5.74, 6) is 0.00490. The molecule has 2 aliphatic rings. The van der Waals surface area contributed by atoms with Gasteiger partial charge in [0, 0.05) is 18.2 Å². The Morgan fingerprint density at radius 1 is 1.04 bits per heavy atom. The fourth-order valence-electron chi connectivity index (χ4n) is 3.52. The van der Waals surface area contributed by atoms with Crippen molar-refractivity contribution in [1.82, 2.24) is 0 Å². The zero-order valence-corrected chi connectivity index (χ0v) is 12.9. The van der Waals surface area contributed by atoms with Crippen molar-refractivity contribution in [3.05, 3.63) is 65.2 Å². The molecule has 0 spiro atoms. The van der Waals surface area contributed by atoms with Crippen LogP contribution in [0.15, 0.2) is 48.5 Å². The molecule has 124 valence electrons. The van der Waals surface area contributed by atoms with E-state index in [2.05, 4.69) is 0 Å². The van der Waals surface area contributed by atoms with Gasteiger partial charge in [-0.2, -0.15) is 13.2 Å². The average Bonchev–Trinajstić information content (AvgIpc) is 3.25. The van der Waals surface area contributed by atoms with Crippen molar-refractivity contribution in [2.24, 2.45) is 5.92 Å². The number of carbonyl (C=O) groups is 1. The number of hydrogen-bond donors (Lipinski definition) is 0. The van der Waals surface area contributed by atoms with E-state index in [0.717, 1.165) is 29.8 Å². The zero-order chi connectivity index (χ0) is 16.9. The number of para-hydroxylation sites is 1. The highest BCUT2D eigenvalue weighted by molar-refractivity contribution is 5.99. The van der Waals surface area contributed by atoms with Gasteiger partial charge in [-0.15, -0.1) is 0 Å². The van der Waals surface area contributed by atoms with Crippen molar-refractivity contribution < 1.29 is 18.0 Å². The van der Waals surface area contributed by atoms with Gasteiger partial charge in [0.2, 0.25) is 5.91 Å². The summed E-state index contributed by atoms with van der Waals surface area (Å²) in [6.07, 6.45) is -2.75. The lowest BCUT2D eigenvalue weighted by molar-refractivity contribution is -0.137. The van der Waals surface area contributed by atoms with Crippen LogP contribution in [0.1, 0.15) is 29.0 Å². The number of halogens is 3. The predicted molar refractivity (Wildman–Crippen MR) is 84.8 cm³/mol. The molecule has 1 aliphatic carbocycles. The number of nitrogens with zero attached hydrogens (tertiary/aromatic N) is 1. The Balaban J connectivity index is 1.48. The number of benzene rings is 2. The molecule has 2 nitrogen and oxygen atoms in total. The first-order valence-corrected chi connectivity index (χ1v) is 8.01. The molecule has 5 heteroatoms. The van der Waals surface area contributed by atoms with E-state index >= 15 is 0 Å². The summed E-state index contributed by atoms with van der Waals surface area (Å²) in [7, 11) is 0. The second-order valence-corrected chi connectivity index (χ2v) is 6.44. The molecule has 1 saturated carbocycles. The Bertz CT molecular complexity index is 782. The third-order valence-corrected chi connectivity index (χ3v) is 4.93. The summed E-state index contributed by atoms with van der Waals surface area (Å²) in [5.41, 5.74) is 2.32. The van der Waals surface area contributed by atoms with Crippen LogP contribution in [0.5, 0.6) is 0 Å². The van der Waals surface area contributed by atoms with Gasteiger partial charge in [-0.3, -0.25) is 4.79 Å². The van der Waals surface area contributed by atoms with E-state index in [4.69, 9.17) is 0 Å². The van der Waals surface area contributed by atoms with Crippen molar-refractivity contribution in [2.45, 2.75) is 24.9 Å². The van der Waals surface area contributed by atoms with Gasteiger partial charge in [0.05, 0.1) is 5.56 Å². The molecule has 0 bridgehead atoms. The lowest BCUT2D eigenvalue weighted by atomic mass is 10.1. The van der Waals surface area contributed by atoms with Crippen molar-refractivity contribution >= 4 is 11.6 Å². The van der Waals surface area contributed by atoms with E-state index in [1.165, 1.54) is 17.7 Å².